The van der Waals surface area contributed by atoms with E-state index in [1.807, 2.05) is 0 Å². The quantitative estimate of drug-likeness (QED) is 0.242. The van der Waals surface area contributed by atoms with Crippen LogP contribution >= 0.6 is 0 Å². The van der Waals surface area contributed by atoms with Crippen molar-refractivity contribution >= 4 is 0 Å². The monoisotopic (exact) mass is 335 g/mol. The molecule has 2 heteroatoms. The van der Waals surface area contributed by atoms with Gasteiger partial charge in [-0.1, -0.05) is 78.6 Å². The van der Waals surface area contributed by atoms with Crippen LogP contribution in [0, 0.1) is 0 Å². The largest absolute Gasteiger partial charge is 0.256 e. The summed E-state index contributed by atoms with van der Waals surface area (Å²) in [5.74, 6) is 1.52. The average molecular weight is 336 g/mol. The highest BCUT2D eigenvalue weighted by atomic mass is 15.1. The van der Waals surface area contributed by atoms with Gasteiger partial charge in [0.2, 0.25) is 0 Å². The molecule has 0 N–H and O–H groups in total. The van der Waals surface area contributed by atoms with Crippen molar-refractivity contribution in [2.24, 2.45) is 0 Å². The molecule has 0 saturated heterocycles. The summed E-state index contributed by atoms with van der Waals surface area (Å²) in [7, 11) is 0. The third kappa shape index (κ3) is 8.89. The zero-order valence-electron chi connectivity index (χ0n) is 16.9. The van der Waals surface area contributed by atoms with Crippen LogP contribution in [-0.4, -0.2) is 4.57 Å². The van der Waals surface area contributed by atoms with Crippen LogP contribution in [0.25, 0.3) is 0 Å². The Balaban J connectivity index is 2.20. The molecular weight excluding hydrogens is 292 g/mol. The van der Waals surface area contributed by atoms with E-state index in [0.717, 1.165) is 6.42 Å². The Bertz CT molecular complexity index is 395. The van der Waals surface area contributed by atoms with Gasteiger partial charge in [0, 0.05) is 6.42 Å². The predicted molar refractivity (Wildman–Crippen MR) is 105 cm³/mol. The third-order valence-electron chi connectivity index (χ3n) is 5.16. The number of hydrogen-bond donors (Lipinski definition) is 0. The van der Waals surface area contributed by atoms with E-state index in [9.17, 15) is 0 Å². The van der Waals surface area contributed by atoms with Crippen molar-refractivity contribution in [1.82, 2.24) is 4.57 Å². The van der Waals surface area contributed by atoms with Crippen LogP contribution in [0.2, 0.25) is 0 Å². The van der Waals surface area contributed by atoms with Crippen LogP contribution in [0.4, 0.5) is 0 Å². The molecule has 0 saturated carbocycles. The molecule has 2 nitrogen and oxygen atoms in total. The molecule has 0 aromatic carbocycles. The van der Waals surface area contributed by atoms with E-state index in [0.29, 0.717) is 0 Å². The standard InChI is InChI=1S/C22H43N2/c1-4-7-9-11-12-13-15-17-19-24-21-20-23(22(24)6-3)18-16-14-10-8-5-2/h20-21H,4-19H2,1-3H3/q+1. The maximum absolute atomic E-state index is 2.50. The van der Waals surface area contributed by atoms with E-state index >= 15 is 0 Å². The van der Waals surface area contributed by atoms with Crippen molar-refractivity contribution in [2.75, 3.05) is 0 Å². The number of unbranched alkanes of at least 4 members (excludes halogenated alkanes) is 11. The second-order valence-corrected chi connectivity index (χ2v) is 7.34. The zero-order chi connectivity index (χ0) is 17.5. The number of imidazole rings is 1. The van der Waals surface area contributed by atoms with Crippen LogP contribution in [0.15, 0.2) is 12.4 Å². The molecule has 0 fully saturated rings. The van der Waals surface area contributed by atoms with E-state index in [1.54, 1.807) is 0 Å². The summed E-state index contributed by atoms with van der Waals surface area (Å²) in [6.07, 6.45) is 23.9. The van der Waals surface area contributed by atoms with Gasteiger partial charge in [0.05, 0.1) is 13.1 Å². The molecular formula is C22H43N2+. The Labute approximate surface area is 151 Å². The minimum Gasteiger partial charge on any atom is -0.234 e. The van der Waals surface area contributed by atoms with Gasteiger partial charge in [-0.05, 0) is 25.7 Å². The molecule has 0 radical (unpaired) electrons. The van der Waals surface area contributed by atoms with Gasteiger partial charge in [-0.3, -0.25) is 0 Å². The van der Waals surface area contributed by atoms with Crippen LogP contribution in [-0.2, 0) is 19.5 Å². The number of rotatable bonds is 16. The molecule has 0 aliphatic rings. The summed E-state index contributed by atoms with van der Waals surface area (Å²) >= 11 is 0. The van der Waals surface area contributed by atoms with Crippen molar-refractivity contribution in [3.05, 3.63) is 18.2 Å². The Morgan fingerprint density at radius 1 is 0.708 bits per heavy atom. The fraction of sp³-hybridized carbons (Fsp3) is 0.864. The van der Waals surface area contributed by atoms with Gasteiger partial charge in [-0.15, -0.1) is 0 Å². The van der Waals surface area contributed by atoms with Gasteiger partial charge >= 0.3 is 0 Å². The highest BCUT2D eigenvalue weighted by Crippen LogP contribution is 2.10. The summed E-state index contributed by atoms with van der Waals surface area (Å²) in [6.45, 7) is 9.29. The second-order valence-electron chi connectivity index (χ2n) is 7.34. The van der Waals surface area contributed by atoms with Gasteiger partial charge in [0.1, 0.15) is 12.4 Å². The first-order valence-corrected chi connectivity index (χ1v) is 10.9. The maximum Gasteiger partial charge on any atom is 0.256 e. The fourth-order valence-corrected chi connectivity index (χ4v) is 3.61. The topological polar surface area (TPSA) is 8.81 Å². The smallest absolute Gasteiger partial charge is 0.234 e. The van der Waals surface area contributed by atoms with E-state index in [2.05, 4.69) is 42.3 Å². The fourth-order valence-electron chi connectivity index (χ4n) is 3.61. The number of aromatic nitrogens is 2. The first kappa shape index (κ1) is 21.3. The molecule has 140 valence electrons. The lowest BCUT2D eigenvalue weighted by atomic mass is 10.1. The van der Waals surface area contributed by atoms with Gasteiger partial charge in [0.15, 0.2) is 0 Å². The van der Waals surface area contributed by atoms with Crippen LogP contribution in [0.3, 0.4) is 0 Å². The van der Waals surface area contributed by atoms with Crippen LogP contribution in [0.1, 0.15) is 110 Å². The highest BCUT2D eigenvalue weighted by molar-refractivity contribution is 4.83. The van der Waals surface area contributed by atoms with E-state index in [-0.39, 0.29) is 0 Å². The molecule has 0 unspecified atom stereocenters. The summed E-state index contributed by atoms with van der Waals surface area (Å²) in [5, 5.41) is 0. The number of nitrogens with zero attached hydrogens (tertiary/aromatic N) is 2. The van der Waals surface area contributed by atoms with E-state index in [4.69, 9.17) is 0 Å². The minimum absolute atomic E-state index is 1.15. The van der Waals surface area contributed by atoms with Crippen molar-refractivity contribution in [1.29, 1.82) is 0 Å². The van der Waals surface area contributed by atoms with Gasteiger partial charge in [-0.25, -0.2) is 9.13 Å². The Morgan fingerprint density at radius 2 is 1.25 bits per heavy atom. The molecule has 0 spiro atoms. The molecule has 24 heavy (non-hydrogen) atoms. The van der Waals surface area contributed by atoms with Gasteiger partial charge < -0.3 is 0 Å². The van der Waals surface area contributed by atoms with Crippen molar-refractivity contribution in [3.63, 3.8) is 0 Å². The molecule has 1 aromatic rings. The molecule has 0 amide bonds. The van der Waals surface area contributed by atoms with Crippen LogP contribution in [0.5, 0.6) is 0 Å². The Hall–Kier alpha value is -0.790. The third-order valence-corrected chi connectivity index (χ3v) is 5.16. The maximum atomic E-state index is 2.50. The summed E-state index contributed by atoms with van der Waals surface area (Å²) in [4.78, 5) is 0. The minimum atomic E-state index is 1.15. The number of hydrogen-bond acceptors (Lipinski definition) is 0. The molecule has 0 aliphatic carbocycles. The summed E-state index contributed by atoms with van der Waals surface area (Å²) in [5.41, 5.74) is 0. The zero-order valence-corrected chi connectivity index (χ0v) is 16.9. The summed E-state index contributed by atoms with van der Waals surface area (Å²) < 4.78 is 5.00. The van der Waals surface area contributed by atoms with Crippen LogP contribution < -0.4 is 4.57 Å². The van der Waals surface area contributed by atoms with Gasteiger partial charge in [-0.2, -0.15) is 0 Å². The van der Waals surface area contributed by atoms with E-state index < -0.39 is 0 Å². The Kier molecular flexibility index (Phi) is 12.9. The summed E-state index contributed by atoms with van der Waals surface area (Å²) in [6, 6.07) is 0. The first-order valence-electron chi connectivity index (χ1n) is 10.9. The average Bonchev–Trinajstić information content (AvgIpc) is 2.99. The first-order chi connectivity index (χ1) is 11.8. The predicted octanol–water partition coefficient (Wildman–Crippen LogP) is 6.45. The lowest BCUT2D eigenvalue weighted by Gasteiger charge is -2.04. The molecule has 0 aliphatic heterocycles. The van der Waals surface area contributed by atoms with Crippen molar-refractivity contribution in [2.45, 2.75) is 124 Å². The molecule has 0 bridgehead atoms. The number of aryl methyl sites for hydroxylation is 2. The van der Waals surface area contributed by atoms with E-state index in [1.165, 1.54) is 102 Å². The van der Waals surface area contributed by atoms with Crippen molar-refractivity contribution in [3.8, 4) is 0 Å². The van der Waals surface area contributed by atoms with Gasteiger partial charge in [0.25, 0.3) is 5.82 Å². The second kappa shape index (κ2) is 14.5. The SMILES string of the molecule is CCCCCCCCCCn1cc[n+](CCCCCCC)c1CC. The normalized spacial score (nSPS) is 11.3. The Morgan fingerprint density at radius 3 is 1.83 bits per heavy atom. The molecule has 0 atom stereocenters. The highest BCUT2D eigenvalue weighted by Gasteiger charge is 2.14. The van der Waals surface area contributed by atoms with Crippen molar-refractivity contribution < 1.29 is 4.57 Å². The molecule has 1 rings (SSSR count). The molecule has 1 heterocycles. The lowest BCUT2D eigenvalue weighted by molar-refractivity contribution is -0.704. The molecule has 1 aromatic heterocycles. The lowest BCUT2D eigenvalue weighted by Crippen LogP contribution is -2.37.